The second-order valence-electron chi connectivity index (χ2n) is 4.28. The van der Waals surface area contributed by atoms with Gasteiger partial charge in [0.15, 0.2) is 0 Å². The highest BCUT2D eigenvalue weighted by atomic mass is 35.5. The Bertz CT molecular complexity index is 490. The van der Waals surface area contributed by atoms with E-state index in [0.29, 0.717) is 6.07 Å². The van der Waals surface area contributed by atoms with Crippen LogP contribution in [0.5, 0.6) is 11.5 Å². The summed E-state index contributed by atoms with van der Waals surface area (Å²) >= 11 is 0. The standard InChI is InChI=1S/C12H11F8NO2.ClH/c13-9(14)11(17,18)22-7-3-6(1-2-21)4-8(5-7)23-12(19,20)10(15)16;/h3-5,9-10H,1-2,21H2;1H. The lowest BCUT2D eigenvalue weighted by Crippen LogP contribution is -2.34. The quantitative estimate of drug-likeness (QED) is 0.681. The van der Waals surface area contributed by atoms with Gasteiger partial charge >= 0.3 is 25.1 Å². The molecule has 0 fully saturated rings. The molecule has 0 atom stereocenters. The van der Waals surface area contributed by atoms with Crippen LogP contribution in [0.25, 0.3) is 0 Å². The topological polar surface area (TPSA) is 44.5 Å². The third-order valence-electron chi connectivity index (χ3n) is 2.39. The molecule has 0 unspecified atom stereocenters. The van der Waals surface area contributed by atoms with Gasteiger partial charge in [-0.15, -0.1) is 12.4 Å². The molecule has 140 valence electrons. The van der Waals surface area contributed by atoms with Gasteiger partial charge in [0.1, 0.15) is 11.5 Å². The molecule has 0 saturated carbocycles. The molecular weight excluding hydrogens is 378 g/mol. The molecule has 24 heavy (non-hydrogen) atoms. The number of ether oxygens (including phenoxy) is 2. The molecule has 3 nitrogen and oxygen atoms in total. The van der Waals surface area contributed by atoms with Gasteiger partial charge in [0, 0.05) is 6.07 Å². The Balaban J connectivity index is 0.00000529. The first-order valence-corrected chi connectivity index (χ1v) is 6.02. The van der Waals surface area contributed by atoms with Crippen molar-refractivity contribution in [1.29, 1.82) is 0 Å². The van der Waals surface area contributed by atoms with Gasteiger partial charge in [-0.1, -0.05) is 0 Å². The van der Waals surface area contributed by atoms with Crippen LogP contribution in [0.15, 0.2) is 18.2 Å². The van der Waals surface area contributed by atoms with E-state index in [1.165, 1.54) is 0 Å². The predicted molar refractivity (Wildman–Crippen MR) is 69.6 cm³/mol. The molecule has 0 heterocycles. The Morgan fingerprint density at radius 3 is 1.50 bits per heavy atom. The summed E-state index contributed by atoms with van der Waals surface area (Å²) in [5.41, 5.74) is 5.19. The van der Waals surface area contributed by atoms with Crippen molar-refractivity contribution in [2.24, 2.45) is 5.73 Å². The Labute approximate surface area is 137 Å². The molecule has 1 aromatic carbocycles. The van der Waals surface area contributed by atoms with E-state index in [2.05, 4.69) is 9.47 Å². The molecule has 1 aromatic rings. The van der Waals surface area contributed by atoms with Crippen LogP contribution in [-0.2, 0) is 6.42 Å². The van der Waals surface area contributed by atoms with E-state index in [9.17, 15) is 35.1 Å². The molecule has 0 amide bonds. The molecule has 0 bridgehead atoms. The normalized spacial score (nSPS) is 12.3. The average molecular weight is 390 g/mol. The fourth-order valence-electron chi connectivity index (χ4n) is 1.46. The van der Waals surface area contributed by atoms with Crippen molar-refractivity contribution >= 4 is 12.4 Å². The lowest BCUT2D eigenvalue weighted by atomic mass is 10.1. The zero-order valence-electron chi connectivity index (χ0n) is 11.6. The molecule has 0 saturated heterocycles. The van der Waals surface area contributed by atoms with E-state index >= 15 is 0 Å². The number of alkyl halides is 8. The summed E-state index contributed by atoms with van der Waals surface area (Å²) in [5.74, 6) is -1.91. The molecule has 0 aliphatic rings. The summed E-state index contributed by atoms with van der Waals surface area (Å²) in [4.78, 5) is 0. The van der Waals surface area contributed by atoms with Crippen molar-refractivity contribution in [3.63, 3.8) is 0 Å². The van der Waals surface area contributed by atoms with E-state index < -0.39 is 36.6 Å². The molecular formula is C12H12ClF8NO2. The van der Waals surface area contributed by atoms with Gasteiger partial charge < -0.3 is 15.2 Å². The van der Waals surface area contributed by atoms with Crippen molar-refractivity contribution in [3.8, 4) is 11.5 Å². The van der Waals surface area contributed by atoms with Gasteiger partial charge in [-0.3, -0.25) is 0 Å². The largest absolute Gasteiger partial charge is 0.461 e. The molecule has 1 rings (SSSR count). The first-order valence-electron chi connectivity index (χ1n) is 6.02. The van der Waals surface area contributed by atoms with Crippen LogP contribution < -0.4 is 15.2 Å². The van der Waals surface area contributed by atoms with Gasteiger partial charge in [0.05, 0.1) is 0 Å². The number of halogens is 9. The fourth-order valence-corrected chi connectivity index (χ4v) is 1.46. The fraction of sp³-hybridized carbons (Fsp3) is 0.500. The summed E-state index contributed by atoms with van der Waals surface area (Å²) in [6.45, 7) is -0.0562. The number of nitrogens with two attached hydrogens (primary N) is 1. The third-order valence-corrected chi connectivity index (χ3v) is 2.39. The van der Waals surface area contributed by atoms with Gasteiger partial charge in [-0.05, 0) is 30.7 Å². The van der Waals surface area contributed by atoms with E-state index in [-0.39, 0.29) is 30.9 Å². The van der Waals surface area contributed by atoms with Crippen molar-refractivity contribution in [2.75, 3.05) is 6.54 Å². The molecule has 0 aliphatic heterocycles. The minimum Gasteiger partial charge on any atom is -0.428 e. The van der Waals surface area contributed by atoms with Crippen LogP contribution in [0.2, 0.25) is 0 Å². The Hall–Kier alpha value is -1.49. The van der Waals surface area contributed by atoms with E-state index in [1.807, 2.05) is 0 Å². The number of benzene rings is 1. The Morgan fingerprint density at radius 1 is 0.833 bits per heavy atom. The van der Waals surface area contributed by atoms with E-state index in [0.717, 1.165) is 12.1 Å². The van der Waals surface area contributed by atoms with Crippen LogP contribution in [0, 0.1) is 0 Å². The smallest absolute Gasteiger partial charge is 0.428 e. The van der Waals surface area contributed by atoms with Gasteiger partial charge in [0.25, 0.3) is 0 Å². The van der Waals surface area contributed by atoms with Gasteiger partial charge in [0.2, 0.25) is 0 Å². The molecule has 0 aliphatic carbocycles. The predicted octanol–water partition coefficient (Wildman–Crippen LogP) is 4.08. The molecule has 0 aromatic heterocycles. The average Bonchev–Trinajstić information content (AvgIpc) is 2.37. The summed E-state index contributed by atoms with van der Waals surface area (Å²) in [6, 6.07) is 2.03. The first kappa shape index (κ1) is 22.5. The number of hydrogen-bond donors (Lipinski definition) is 1. The minimum absolute atomic E-state index is 0. The van der Waals surface area contributed by atoms with Crippen LogP contribution in [0.3, 0.4) is 0 Å². The van der Waals surface area contributed by atoms with E-state index in [4.69, 9.17) is 5.73 Å². The zero-order chi connectivity index (χ0) is 17.8. The van der Waals surface area contributed by atoms with Crippen LogP contribution in [-0.4, -0.2) is 31.6 Å². The number of rotatable bonds is 8. The molecule has 0 spiro atoms. The van der Waals surface area contributed by atoms with Crippen molar-refractivity contribution in [2.45, 2.75) is 31.5 Å². The highest BCUT2D eigenvalue weighted by molar-refractivity contribution is 5.85. The van der Waals surface area contributed by atoms with Crippen molar-refractivity contribution in [3.05, 3.63) is 23.8 Å². The first-order chi connectivity index (χ1) is 10.5. The second kappa shape index (κ2) is 8.56. The number of hydrogen-bond acceptors (Lipinski definition) is 3. The molecule has 12 heteroatoms. The van der Waals surface area contributed by atoms with Gasteiger partial charge in [-0.25, -0.2) is 0 Å². The van der Waals surface area contributed by atoms with Gasteiger partial charge in [-0.2, -0.15) is 35.1 Å². The summed E-state index contributed by atoms with van der Waals surface area (Å²) in [6.07, 6.45) is -18.2. The monoisotopic (exact) mass is 389 g/mol. The maximum absolute atomic E-state index is 12.8. The highest BCUT2D eigenvalue weighted by Gasteiger charge is 2.45. The lowest BCUT2D eigenvalue weighted by molar-refractivity contribution is -0.255. The van der Waals surface area contributed by atoms with Crippen molar-refractivity contribution < 1.29 is 44.6 Å². The Kier molecular flexibility index (Phi) is 8.03. The third kappa shape index (κ3) is 6.19. The van der Waals surface area contributed by atoms with E-state index in [1.54, 1.807) is 0 Å². The summed E-state index contributed by atoms with van der Waals surface area (Å²) in [5, 5.41) is 0. The lowest BCUT2D eigenvalue weighted by Gasteiger charge is -2.20. The summed E-state index contributed by atoms with van der Waals surface area (Å²) in [7, 11) is 0. The highest BCUT2D eigenvalue weighted by Crippen LogP contribution is 2.34. The molecule has 0 radical (unpaired) electrons. The summed E-state index contributed by atoms with van der Waals surface area (Å²) < 4.78 is 107. The minimum atomic E-state index is -4.90. The Morgan fingerprint density at radius 2 is 1.21 bits per heavy atom. The van der Waals surface area contributed by atoms with Crippen LogP contribution >= 0.6 is 12.4 Å². The van der Waals surface area contributed by atoms with Crippen LogP contribution in [0.1, 0.15) is 5.56 Å². The maximum Gasteiger partial charge on any atom is 0.461 e. The maximum atomic E-state index is 12.8. The molecule has 2 N–H and O–H groups in total. The van der Waals surface area contributed by atoms with Crippen LogP contribution in [0.4, 0.5) is 35.1 Å². The van der Waals surface area contributed by atoms with Crippen molar-refractivity contribution in [1.82, 2.24) is 0 Å². The SMILES string of the molecule is Cl.NCCc1cc(OC(F)(F)C(F)F)cc(OC(F)(F)C(F)F)c1. The zero-order valence-corrected chi connectivity index (χ0v) is 12.4. The second-order valence-corrected chi connectivity index (χ2v) is 4.28.